The van der Waals surface area contributed by atoms with Gasteiger partial charge in [-0.3, -0.25) is 0 Å². The molecule has 2 unspecified atom stereocenters. The highest BCUT2D eigenvalue weighted by atomic mass is 16.5. The van der Waals surface area contributed by atoms with Crippen molar-refractivity contribution in [3.05, 3.63) is 29.3 Å². The fraction of sp³-hybridized carbons (Fsp3) is 0.533. The van der Waals surface area contributed by atoms with Crippen molar-refractivity contribution in [1.82, 2.24) is 0 Å². The van der Waals surface area contributed by atoms with Gasteiger partial charge in [0, 0.05) is 5.92 Å². The Balaban J connectivity index is 2.26. The van der Waals surface area contributed by atoms with Gasteiger partial charge in [-0.15, -0.1) is 0 Å². The highest BCUT2D eigenvalue weighted by molar-refractivity contribution is 5.56. The van der Waals surface area contributed by atoms with Crippen molar-refractivity contribution in [2.75, 3.05) is 7.11 Å². The lowest BCUT2D eigenvalue weighted by molar-refractivity contribution is -0.112. The van der Waals surface area contributed by atoms with Crippen LogP contribution in [0.4, 0.5) is 0 Å². The van der Waals surface area contributed by atoms with Crippen molar-refractivity contribution in [2.45, 2.75) is 38.5 Å². The monoisotopic (exact) mass is 232 g/mol. The van der Waals surface area contributed by atoms with E-state index < -0.39 is 0 Å². The van der Waals surface area contributed by atoms with Crippen molar-refractivity contribution in [3.8, 4) is 5.75 Å². The van der Waals surface area contributed by atoms with E-state index in [-0.39, 0.29) is 5.92 Å². The standard InChI is InChI=1S/C15H20O2/c1-11-9-12(7-8-15(11)17-2)14-6-4-3-5-13(14)10-16/h7-10,13-14H,3-6H2,1-2H3. The van der Waals surface area contributed by atoms with Crippen LogP contribution in [-0.4, -0.2) is 13.4 Å². The molecule has 0 spiro atoms. The molecular weight excluding hydrogens is 212 g/mol. The van der Waals surface area contributed by atoms with Gasteiger partial charge in [-0.2, -0.15) is 0 Å². The van der Waals surface area contributed by atoms with E-state index in [0.717, 1.165) is 30.4 Å². The number of carbonyl (C=O) groups is 1. The van der Waals surface area contributed by atoms with Gasteiger partial charge in [0.1, 0.15) is 12.0 Å². The van der Waals surface area contributed by atoms with Gasteiger partial charge in [0.25, 0.3) is 0 Å². The van der Waals surface area contributed by atoms with E-state index in [9.17, 15) is 4.79 Å². The zero-order valence-electron chi connectivity index (χ0n) is 10.6. The van der Waals surface area contributed by atoms with E-state index in [1.807, 2.05) is 6.07 Å². The summed E-state index contributed by atoms with van der Waals surface area (Å²) in [5.41, 5.74) is 2.44. The quantitative estimate of drug-likeness (QED) is 0.746. The molecule has 92 valence electrons. The summed E-state index contributed by atoms with van der Waals surface area (Å²) in [6.45, 7) is 2.06. The van der Waals surface area contributed by atoms with Gasteiger partial charge < -0.3 is 9.53 Å². The second kappa shape index (κ2) is 5.35. The van der Waals surface area contributed by atoms with Crippen molar-refractivity contribution in [3.63, 3.8) is 0 Å². The van der Waals surface area contributed by atoms with E-state index in [1.54, 1.807) is 7.11 Å². The molecule has 1 aliphatic rings. The molecule has 2 rings (SSSR count). The van der Waals surface area contributed by atoms with Crippen LogP contribution in [0.1, 0.15) is 42.7 Å². The molecule has 0 bridgehead atoms. The molecule has 1 aromatic carbocycles. The van der Waals surface area contributed by atoms with Gasteiger partial charge in [0.15, 0.2) is 0 Å². The van der Waals surface area contributed by atoms with Crippen LogP contribution in [0.25, 0.3) is 0 Å². The molecule has 0 aromatic heterocycles. The number of hydrogen-bond acceptors (Lipinski definition) is 2. The fourth-order valence-electron chi connectivity index (χ4n) is 2.87. The summed E-state index contributed by atoms with van der Waals surface area (Å²) in [6, 6.07) is 6.30. The number of carbonyl (C=O) groups excluding carboxylic acids is 1. The maximum atomic E-state index is 11.1. The van der Waals surface area contributed by atoms with Crippen LogP contribution in [0, 0.1) is 12.8 Å². The average Bonchev–Trinajstić information content (AvgIpc) is 2.38. The van der Waals surface area contributed by atoms with Crippen LogP contribution in [0.3, 0.4) is 0 Å². The first-order chi connectivity index (χ1) is 8.26. The number of methoxy groups -OCH3 is 1. The van der Waals surface area contributed by atoms with Crippen LogP contribution in [0.5, 0.6) is 5.75 Å². The summed E-state index contributed by atoms with van der Waals surface area (Å²) >= 11 is 0. The Bertz CT molecular complexity index is 398. The average molecular weight is 232 g/mol. The Morgan fingerprint density at radius 1 is 1.29 bits per heavy atom. The maximum absolute atomic E-state index is 11.1. The minimum absolute atomic E-state index is 0.205. The molecule has 0 N–H and O–H groups in total. The van der Waals surface area contributed by atoms with Gasteiger partial charge in [0.2, 0.25) is 0 Å². The molecule has 0 amide bonds. The molecule has 1 saturated carbocycles. The van der Waals surface area contributed by atoms with Gasteiger partial charge >= 0.3 is 0 Å². The Morgan fingerprint density at radius 2 is 2.06 bits per heavy atom. The molecule has 0 radical (unpaired) electrons. The van der Waals surface area contributed by atoms with Crippen molar-refractivity contribution in [1.29, 1.82) is 0 Å². The Labute approximate surface area is 103 Å². The Hall–Kier alpha value is -1.31. The van der Waals surface area contributed by atoms with E-state index in [0.29, 0.717) is 5.92 Å². The molecule has 0 saturated heterocycles. The smallest absolute Gasteiger partial charge is 0.123 e. The van der Waals surface area contributed by atoms with E-state index in [2.05, 4.69) is 19.1 Å². The van der Waals surface area contributed by atoms with Crippen LogP contribution in [0.2, 0.25) is 0 Å². The zero-order chi connectivity index (χ0) is 12.3. The van der Waals surface area contributed by atoms with E-state index in [4.69, 9.17) is 4.74 Å². The van der Waals surface area contributed by atoms with Gasteiger partial charge in [-0.1, -0.05) is 25.0 Å². The summed E-state index contributed by atoms with van der Waals surface area (Å²) in [6.07, 6.45) is 5.74. The van der Waals surface area contributed by atoms with Gasteiger partial charge in [-0.25, -0.2) is 0 Å². The van der Waals surface area contributed by atoms with Crippen LogP contribution in [0.15, 0.2) is 18.2 Å². The second-order valence-corrected chi connectivity index (χ2v) is 4.92. The molecule has 1 aliphatic carbocycles. The molecule has 0 heterocycles. The summed E-state index contributed by atoms with van der Waals surface area (Å²) in [7, 11) is 1.69. The summed E-state index contributed by atoms with van der Waals surface area (Å²) in [4.78, 5) is 11.1. The first-order valence-corrected chi connectivity index (χ1v) is 6.36. The number of benzene rings is 1. The molecule has 0 aliphatic heterocycles. The van der Waals surface area contributed by atoms with E-state index >= 15 is 0 Å². The highest BCUT2D eigenvalue weighted by Crippen LogP contribution is 2.37. The second-order valence-electron chi connectivity index (χ2n) is 4.92. The lowest BCUT2D eigenvalue weighted by Crippen LogP contribution is -2.19. The van der Waals surface area contributed by atoms with Crippen LogP contribution < -0.4 is 4.74 Å². The first-order valence-electron chi connectivity index (χ1n) is 6.36. The van der Waals surface area contributed by atoms with Gasteiger partial charge in [0.05, 0.1) is 7.11 Å². The Morgan fingerprint density at radius 3 is 2.71 bits per heavy atom. The predicted octanol–water partition coefficient (Wildman–Crippen LogP) is 3.48. The highest BCUT2D eigenvalue weighted by Gasteiger charge is 2.26. The number of hydrogen-bond donors (Lipinski definition) is 0. The number of aryl methyl sites for hydroxylation is 1. The third kappa shape index (κ3) is 2.51. The lowest BCUT2D eigenvalue weighted by atomic mass is 9.76. The topological polar surface area (TPSA) is 26.3 Å². The SMILES string of the molecule is COc1ccc(C2CCCCC2C=O)cc1C. The molecular formula is C15H20O2. The molecule has 2 heteroatoms. The van der Waals surface area contributed by atoms with Crippen molar-refractivity contribution >= 4 is 6.29 Å². The van der Waals surface area contributed by atoms with Crippen molar-refractivity contribution < 1.29 is 9.53 Å². The number of ether oxygens (including phenoxy) is 1. The zero-order valence-corrected chi connectivity index (χ0v) is 10.6. The number of rotatable bonds is 3. The van der Waals surface area contributed by atoms with Gasteiger partial charge in [-0.05, 0) is 42.9 Å². The van der Waals surface area contributed by atoms with Crippen LogP contribution in [-0.2, 0) is 4.79 Å². The lowest BCUT2D eigenvalue weighted by Gasteiger charge is -2.28. The summed E-state index contributed by atoms with van der Waals surface area (Å²) in [5.74, 6) is 1.54. The van der Waals surface area contributed by atoms with Crippen LogP contribution >= 0.6 is 0 Å². The normalized spacial score (nSPS) is 24.4. The largest absolute Gasteiger partial charge is 0.496 e. The molecule has 17 heavy (non-hydrogen) atoms. The number of aldehydes is 1. The third-order valence-electron chi connectivity index (χ3n) is 3.84. The fourth-order valence-corrected chi connectivity index (χ4v) is 2.87. The first kappa shape index (κ1) is 12.2. The third-order valence-corrected chi connectivity index (χ3v) is 3.84. The maximum Gasteiger partial charge on any atom is 0.123 e. The van der Waals surface area contributed by atoms with E-state index in [1.165, 1.54) is 18.4 Å². The minimum atomic E-state index is 0.205. The molecule has 2 atom stereocenters. The summed E-state index contributed by atoms with van der Waals surface area (Å²) < 4.78 is 5.27. The molecule has 1 aromatic rings. The molecule has 2 nitrogen and oxygen atoms in total. The summed E-state index contributed by atoms with van der Waals surface area (Å²) in [5, 5.41) is 0. The minimum Gasteiger partial charge on any atom is -0.496 e. The van der Waals surface area contributed by atoms with Crippen molar-refractivity contribution in [2.24, 2.45) is 5.92 Å². The predicted molar refractivity (Wildman–Crippen MR) is 68.5 cm³/mol. The molecule has 1 fully saturated rings. The Kier molecular flexibility index (Phi) is 3.82.